The molecule has 102 valence electrons. The van der Waals surface area contributed by atoms with Crippen molar-refractivity contribution in [3.05, 3.63) is 35.4 Å². The fraction of sp³-hybridized carbons (Fsp3) is 0.571. The van der Waals surface area contributed by atoms with Gasteiger partial charge in [-0.15, -0.1) is 0 Å². The van der Waals surface area contributed by atoms with Crippen LogP contribution in [-0.4, -0.2) is 38.1 Å². The summed E-state index contributed by atoms with van der Waals surface area (Å²) in [6.07, 6.45) is -0.459. The van der Waals surface area contributed by atoms with Crippen molar-refractivity contribution in [1.29, 1.82) is 0 Å². The minimum absolute atomic E-state index is 0.378. The van der Waals surface area contributed by atoms with Gasteiger partial charge < -0.3 is 19.9 Å². The van der Waals surface area contributed by atoms with E-state index < -0.39 is 6.10 Å². The summed E-state index contributed by atoms with van der Waals surface area (Å²) in [4.78, 5) is 0. The van der Waals surface area contributed by atoms with E-state index in [9.17, 15) is 5.11 Å². The molecule has 1 aromatic rings. The first-order chi connectivity index (χ1) is 8.77. The molecule has 2 N–H and O–H groups in total. The van der Waals surface area contributed by atoms with E-state index in [1.807, 2.05) is 19.1 Å². The topological polar surface area (TPSA) is 50.7 Å². The Hall–Kier alpha value is -0.940. The summed E-state index contributed by atoms with van der Waals surface area (Å²) in [7, 11) is 1.69. The normalized spacial score (nSPS) is 12.6. The van der Waals surface area contributed by atoms with Crippen molar-refractivity contribution >= 4 is 0 Å². The first kappa shape index (κ1) is 15.1. The smallest absolute Gasteiger partial charge is 0.0897 e. The van der Waals surface area contributed by atoms with Gasteiger partial charge in [0.2, 0.25) is 0 Å². The summed E-state index contributed by atoms with van der Waals surface area (Å²) < 4.78 is 10.3. The predicted molar refractivity (Wildman–Crippen MR) is 71.4 cm³/mol. The Balaban J connectivity index is 2.34. The number of aliphatic hydroxyl groups excluding tert-OH is 1. The molecule has 1 unspecified atom stereocenters. The van der Waals surface area contributed by atoms with Gasteiger partial charge >= 0.3 is 0 Å². The van der Waals surface area contributed by atoms with Gasteiger partial charge in [0.05, 0.1) is 19.3 Å². The monoisotopic (exact) mass is 253 g/mol. The van der Waals surface area contributed by atoms with Gasteiger partial charge in [-0.3, -0.25) is 0 Å². The molecule has 1 atom stereocenters. The molecule has 0 saturated carbocycles. The van der Waals surface area contributed by atoms with E-state index in [-0.39, 0.29) is 0 Å². The Labute approximate surface area is 109 Å². The molecular weight excluding hydrogens is 230 g/mol. The van der Waals surface area contributed by atoms with Crippen molar-refractivity contribution in [3.8, 4) is 0 Å². The molecule has 0 spiro atoms. The molecule has 0 amide bonds. The Morgan fingerprint density at radius 1 is 1.28 bits per heavy atom. The van der Waals surface area contributed by atoms with E-state index in [0.29, 0.717) is 26.4 Å². The maximum Gasteiger partial charge on any atom is 0.0897 e. The zero-order chi connectivity index (χ0) is 13.2. The molecule has 0 fully saturated rings. The minimum Gasteiger partial charge on any atom is -0.389 e. The number of aliphatic hydroxyl groups is 1. The van der Waals surface area contributed by atoms with Crippen molar-refractivity contribution in [2.24, 2.45) is 0 Å². The van der Waals surface area contributed by atoms with Gasteiger partial charge in [0.25, 0.3) is 0 Å². The number of nitrogens with one attached hydrogen (secondary N) is 1. The molecule has 1 rings (SSSR count). The highest BCUT2D eigenvalue weighted by molar-refractivity contribution is 5.26. The van der Waals surface area contributed by atoms with Gasteiger partial charge in [0.1, 0.15) is 0 Å². The van der Waals surface area contributed by atoms with E-state index in [1.165, 1.54) is 11.1 Å². The number of benzene rings is 1. The Morgan fingerprint density at radius 2 is 2.00 bits per heavy atom. The third-order valence-electron chi connectivity index (χ3n) is 2.63. The van der Waals surface area contributed by atoms with Crippen LogP contribution in [-0.2, 0) is 22.6 Å². The summed E-state index contributed by atoms with van der Waals surface area (Å²) in [5, 5.41) is 12.8. The fourth-order valence-corrected chi connectivity index (χ4v) is 1.71. The largest absolute Gasteiger partial charge is 0.389 e. The lowest BCUT2D eigenvalue weighted by Gasteiger charge is -2.13. The third kappa shape index (κ3) is 5.60. The van der Waals surface area contributed by atoms with Crippen molar-refractivity contribution in [1.82, 2.24) is 5.32 Å². The van der Waals surface area contributed by atoms with E-state index in [4.69, 9.17) is 9.47 Å². The highest BCUT2D eigenvalue weighted by Gasteiger charge is 2.05. The van der Waals surface area contributed by atoms with E-state index in [2.05, 4.69) is 17.4 Å². The van der Waals surface area contributed by atoms with E-state index in [0.717, 1.165) is 6.54 Å². The summed E-state index contributed by atoms with van der Waals surface area (Å²) in [6, 6.07) is 8.13. The molecule has 0 aromatic heterocycles. The maximum absolute atomic E-state index is 9.62. The Bertz CT molecular complexity index is 331. The van der Waals surface area contributed by atoms with Crippen LogP contribution in [0.4, 0.5) is 0 Å². The highest BCUT2D eigenvalue weighted by Crippen LogP contribution is 2.09. The van der Waals surface area contributed by atoms with E-state index >= 15 is 0 Å². The lowest BCUT2D eigenvalue weighted by Crippen LogP contribution is -2.30. The van der Waals surface area contributed by atoms with Gasteiger partial charge in [-0.05, 0) is 18.1 Å². The molecule has 0 aliphatic heterocycles. The molecular formula is C14H23NO3. The first-order valence-corrected chi connectivity index (χ1v) is 6.30. The second kappa shape index (κ2) is 9.05. The van der Waals surface area contributed by atoms with Gasteiger partial charge in [-0.2, -0.15) is 0 Å². The van der Waals surface area contributed by atoms with E-state index in [1.54, 1.807) is 7.11 Å². The fourth-order valence-electron chi connectivity index (χ4n) is 1.71. The first-order valence-electron chi connectivity index (χ1n) is 6.30. The van der Waals surface area contributed by atoms with Gasteiger partial charge in [0.15, 0.2) is 0 Å². The van der Waals surface area contributed by atoms with Crippen LogP contribution in [0.5, 0.6) is 0 Å². The summed E-state index contributed by atoms with van der Waals surface area (Å²) in [5.74, 6) is 0. The molecule has 4 heteroatoms. The molecule has 1 aromatic carbocycles. The number of hydrogen-bond acceptors (Lipinski definition) is 4. The molecule has 0 bridgehead atoms. The Morgan fingerprint density at radius 3 is 2.67 bits per heavy atom. The molecule has 0 radical (unpaired) electrons. The molecule has 0 saturated heterocycles. The lowest BCUT2D eigenvalue weighted by atomic mass is 10.1. The summed E-state index contributed by atoms with van der Waals surface area (Å²) in [5.41, 5.74) is 2.37. The van der Waals surface area contributed by atoms with Crippen molar-refractivity contribution < 1.29 is 14.6 Å². The number of rotatable bonds is 9. The van der Waals surface area contributed by atoms with Crippen molar-refractivity contribution in [2.75, 3.05) is 26.9 Å². The molecule has 18 heavy (non-hydrogen) atoms. The van der Waals surface area contributed by atoms with Crippen molar-refractivity contribution in [2.45, 2.75) is 26.2 Å². The van der Waals surface area contributed by atoms with Crippen LogP contribution in [0.1, 0.15) is 18.1 Å². The van der Waals surface area contributed by atoms with Crippen LogP contribution in [0.15, 0.2) is 24.3 Å². The molecule has 0 aliphatic carbocycles. The second-order valence-electron chi connectivity index (χ2n) is 4.15. The molecule has 0 aliphatic rings. The Kier molecular flexibility index (Phi) is 7.60. The van der Waals surface area contributed by atoms with Crippen LogP contribution in [0.25, 0.3) is 0 Å². The van der Waals surface area contributed by atoms with Crippen LogP contribution in [0.3, 0.4) is 0 Å². The SMILES string of the molecule is CCOCC(O)CNCc1ccccc1COC. The maximum atomic E-state index is 9.62. The average Bonchev–Trinajstić information content (AvgIpc) is 2.38. The summed E-state index contributed by atoms with van der Waals surface area (Å²) in [6.45, 7) is 4.79. The van der Waals surface area contributed by atoms with Crippen LogP contribution in [0, 0.1) is 0 Å². The highest BCUT2D eigenvalue weighted by atomic mass is 16.5. The van der Waals surface area contributed by atoms with Gasteiger partial charge in [-0.1, -0.05) is 24.3 Å². The predicted octanol–water partition coefficient (Wildman–Crippen LogP) is 1.32. The van der Waals surface area contributed by atoms with Crippen molar-refractivity contribution in [3.63, 3.8) is 0 Å². The minimum atomic E-state index is -0.459. The van der Waals surface area contributed by atoms with Gasteiger partial charge in [0, 0.05) is 26.8 Å². The van der Waals surface area contributed by atoms with Crippen LogP contribution in [0.2, 0.25) is 0 Å². The quantitative estimate of drug-likeness (QED) is 0.697. The zero-order valence-electron chi connectivity index (χ0n) is 11.2. The third-order valence-corrected chi connectivity index (χ3v) is 2.63. The standard InChI is InChI=1S/C14H23NO3/c1-3-18-11-14(16)9-15-8-12-6-4-5-7-13(12)10-17-2/h4-7,14-16H,3,8-11H2,1-2H3. The van der Waals surface area contributed by atoms with Crippen LogP contribution >= 0.6 is 0 Å². The van der Waals surface area contributed by atoms with Crippen LogP contribution < -0.4 is 5.32 Å². The number of methoxy groups -OCH3 is 1. The summed E-state index contributed by atoms with van der Waals surface area (Å²) >= 11 is 0. The average molecular weight is 253 g/mol. The number of ether oxygens (including phenoxy) is 2. The molecule has 4 nitrogen and oxygen atoms in total. The van der Waals surface area contributed by atoms with Gasteiger partial charge in [-0.25, -0.2) is 0 Å². The number of hydrogen-bond donors (Lipinski definition) is 2. The second-order valence-corrected chi connectivity index (χ2v) is 4.15. The molecule has 0 heterocycles. The zero-order valence-corrected chi connectivity index (χ0v) is 11.2. The lowest BCUT2D eigenvalue weighted by molar-refractivity contribution is 0.0427.